The molecule has 3 aromatic rings. The van der Waals surface area contributed by atoms with Crippen molar-refractivity contribution in [1.29, 1.82) is 0 Å². The van der Waals surface area contributed by atoms with Gasteiger partial charge in [0, 0.05) is 12.1 Å². The van der Waals surface area contributed by atoms with Crippen LogP contribution < -0.4 is 5.32 Å². The third kappa shape index (κ3) is 2.16. The maximum Gasteiger partial charge on any atom is 0.129 e. The fraction of sp³-hybridized carbons (Fsp3) is 0.200. The lowest BCUT2D eigenvalue weighted by molar-refractivity contribution is 0.589. The largest absolute Gasteiger partial charge is 0.313 e. The van der Waals surface area contributed by atoms with Crippen molar-refractivity contribution >= 4 is 11.0 Å². The first-order valence-corrected chi connectivity index (χ1v) is 6.60. The second-order valence-corrected chi connectivity index (χ2v) is 4.51. The molecule has 0 aliphatic carbocycles. The Hall–Kier alpha value is -2.27. The summed E-state index contributed by atoms with van der Waals surface area (Å²) in [5.41, 5.74) is 2.99. The van der Waals surface area contributed by atoms with E-state index in [2.05, 4.69) is 15.6 Å². The normalized spacial score (nSPS) is 11.1. The summed E-state index contributed by atoms with van der Waals surface area (Å²) < 4.78 is 15.7. The average Bonchev–Trinajstić information content (AvgIpc) is 2.89. The summed E-state index contributed by atoms with van der Waals surface area (Å²) in [5.74, 6) is -0.233. The Morgan fingerprint density at radius 3 is 2.85 bits per heavy atom. The minimum Gasteiger partial charge on any atom is -0.313 e. The van der Waals surface area contributed by atoms with Crippen LogP contribution in [0.1, 0.15) is 12.5 Å². The van der Waals surface area contributed by atoms with Gasteiger partial charge in [0.2, 0.25) is 0 Å². The van der Waals surface area contributed by atoms with E-state index < -0.39 is 0 Å². The Kier molecular flexibility index (Phi) is 3.43. The van der Waals surface area contributed by atoms with Crippen LogP contribution in [0.4, 0.5) is 4.39 Å². The van der Waals surface area contributed by atoms with Crippen LogP contribution in [-0.2, 0) is 6.54 Å². The zero-order valence-electron chi connectivity index (χ0n) is 11.2. The predicted octanol–water partition coefficient (Wildman–Crippen LogP) is 2.67. The number of rotatable bonds is 4. The highest BCUT2D eigenvalue weighted by atomic mass is 19.1. The Labute approximate surface area is 116 Å². The third-order valence-electron chi connectivity index (χ3n) is 3.23. The molecule has 0 atom stereocenters. The minimum atomic E-state index is -0.233. The minimum absolute atomic E-state index is 0.233. The van der Waals surface area contributed by atoms with E-state index in [1.54, 1.807) is 10.7 Å². The van der Waals surface area contributed by atoms with Crippen LogP contribution >= 0.6 is 0 Å². The van der Waals surface area contributed by atoms with Gasteiger partial charge in [-0.2, -0.15) is 0 Å². The van der Waals surface area contributed by atoms with Crippen molar-refractivity contribution < 1.29 is 4.39 Å². The highest BCUT2D eigenvalue weighted by Crippen LogP contribution is 2.21. The molecule has 0 fully saturated rings. The van der Waals surface area contributed by atoms with E-state index in [1.807, 2.05) is 37.3 Å². The molecule has 0 spiro atoms. The molecule has 1 aromatic heterocycles. The fourth-order valence-corrected chi connectivity index (χ4v) is 2.22. The standard InChI is InChI=1S/C15H15FN4/c1-2-17-10-11-12(16)6-5-9-14(11)20-15-8-4-3-7-13(15)18-19-20/h3-9,17H,2,10H2,1H3. The number of para-hydroxylation sites is 1. The van der Waals surface area contributed by atoms with Gasteiger partial charge < -0.3 is 5.32 Å². The summed E-state index contributed by atoms with van der Waals surface area (Å²) in [6, 6.07) is 12.7. The highest BCUT2D eigenvalue weighted by molar-refractivity contribution is 5.76. The van der Waals surface area contributed by atoms with E-state index >= 15 is 0 Å². The van der Waals surface area contributed by atoms with Gasteiger partial charge >= 0.3 is 0 Å². The lowest BCUT2D eigenvalue weighted by Gasteiger charge is -2.11. The molecule has 3 rings (SSSR count). The second kappa shape index (κ2) is 5.38. The zero-order valence-corrected chi connectivity index (χ0v) is 11.2. The summed E-state index contributed by atoms with van der Waals surface area (Å²) in [7, 11) is 0. The summed E-state index contributed by atoms with van der Waals surface area (Å²) in [6.07, 6.45) is 0. The van der Waals surface area contributed by atoms with E-state index in [4.69, 9.17) is 0 Å². The molecule has 102 valence electrons. The molecule has 20 heavy (non-hydrogen) atoms. The molecule has 0 bridgehead atoms. The first-order chi connectivity index (χ1) is 9.81. The second-order valence-electron chi connectivity index (χ2n) is 4.51. The number of hydrogen-bond donors (Lipinski definition) is 1. The summed E-state index contributed by atoms with van der Waals surface area (Å²) in [5, 5.41) is 11.4. The Bertz CT molecular complexity index is 736. The van der Waals surface area contributed by atoms with Crippen LogP contribution in [0.2, 0.25) is 0 Å². The van der Waals surface area contributed by atoms with Crippen LogP contribution in [0.5, 0.6) is 0 Å². The topological polar surface area (TPSA) is 42.7 Å². The van der Waals surface area contributed by atoms with E-state index in [-0.39, 0.29) is 5.82 Å². The number of nitrogens with one attached hydrogen (secondary N) is 1. The molecule has 4 nitrogen and oxygen atoms in total. The monoisotopic (exact) mass is 270 g/mol. The number of benzene rings is 2. The van der Waals surface area contributed by atoms with Gasteiger partial charge in [0.1, 0.15) is 11.3 Å². The van der Waals surface area contributed by atoms with Gasteiger partial charge in [0.05, 0.1) is 11.2 Å². The number of halogens is 1. The van der Waals surface area contributed by atoms with Crippen LogP contribution in [0, 0.1) is 5.82 Å². The summed E-state index contributed by atoms with van der Waals surface area (Å²) >= 11 is 0. The van der Waals surface area contributed by atoms with Gasteiger partial charge in [-0.25, -0.2) is 9.07 Å². The van der Waals surface area contributed by atoms with Crippen molar-refractivity contribution in [3.05, 3.63) is 53.8 Å². The van der Waals surface area contributed by atoms with Gasteiger partial charge in [0.15, 0.2) is 0 Å². The molecule has 0 radical (unpaired) electrons. The van der Waals surface area contributed by atoms with E-state index in [0.29, 0.717) is 12.1 Å². The summed E-state index contributed by atoms with van der Waals surface area (Å²) in [6.45, 7) is 3.24. The highest BCUT2D eigenvalue weighted by Gasteiger charge is 2.13. The van der Waals surface area contributed by atoms with Crippen molar-refractivity contribution in [2.75, 3.05) is 6.54 Å². The third-order valence-corrected chi connectivity index (χ3v) is 3.23. The first-order valence-electron chi connectivity index (χ1n) is 6.60. The van der Waals surface area contributed by atoms with Crippen molar-refractivity contribution in [2.45, 2.75) is 13.5 Å². The summed E-state index contributed by atoms with van der Waals surface area (Å²) in [4.78, 5) is 0. The lowest BCUT2D eigenvalue weighted by Crippen LogP contribution is -2.15. The zero-order chi connectivity index (χ0) is 13.9. The van der Waals surface area contributed by atoms with Crippen LogP contribution in [0.15, 0.2) is 42.5 Å². The smallest absolute Gasteiger partial charge is 0.129 e. The Morgan fingerprint density at radius 1 is 1.15 bits per heavy atom. The molecule has 0 amide bonds. The Morgan fingerprint density at radius 2 is 2.00 bits per heavy atom. The van der Waals surface area contributed by atoms with Gasteiger partial charge in [-0.15, -0.1) is 5.10 Å². The van der Waals surface area contributed by atoms with Crippen molar-refractivity contribution in [1.82, 2.24) is 20.3 Å². The van der Waals surface area contributed by atoms with Gasteiger partial charge in [-0.05, 0) is 30.8 Å². The van der Waals surface area contributed by atoms with Crippen LogP contribution in [0.3, 0.4) is 0 Å². The molecule has 0 aliphatic heterocycles. The average molecular weight is 270 g/mol. The lowest BCUT2D eigenvalue weighted by atomic mass is 10.1. The van der Waals surface area contributed by atoms with Crippen LogP contribution in [0.25, 0.3) is 16.7 Å². The van der Waals surface area contributed by atoms with Crippen LogP contribution in [-0.4, -0.2) is 21.5 Å². The number of nitrogens with zero attached hydrogens (tertiary/aromatic N) is 3. The molecule has 2 aromatic carbocycles. The van der Waals surface area contributed by atoms with Gasteiger partial charge in [-0.3, -0.25) is 0 Å². The van der Waals surface area contributed by atoms with Crippen molar-refractivity contribution in [2.24, 2.45) is 0 Å². The molecular formula is C15H15FN4. The maximum atomic E-state index is 14.1. The van der Waals surface area contributed by atoms with Gasteiger partial charge in [-0.1, -0.05) is 30.3 Å². The molecule has 1 N–H and O–H groups in total. The molecule has 0 unspecified atom stereocenters. The van der Waals surface area contributed by atoms with Crippen molar-refractivity contribution in [3.63, 3.8) is 0 Å². The fourth-order valence-electron chi connectivity index (χ4n) is 2.22. The molecule has 1 heterocycles. The quantitative estimate of drug-likeness (QED) is 0.792. The maximum absolute atomic E-state index is 14.1. The number of aromatic nitrogens is 3. The van der Waals surface area contributed by atoms with E-state index in [1.165, 1.54) is 6.07 Å². The molecular weight excluding hydrogens is 255 g/mol. The molecule has 0 aliphatic rings. The molecule has 0 saturated heterocycles. The molecule has 0 saturated carbocycles. The van der Waals surface area contributed by atoms with Gasteiger partial charge in [0.25, 0.3) is 0 Å². The first kappa shape index (κ1) is 12.7. The SMILES string of the molecule is CCNCc1c(F)cccc1-n1nnc2ccccc21. The number of hydrogen-bond acceptors (Lipinski definition) is 3. The predicted molar refractivity (Wildman–Crippen MR) is 76.2 cm³/mol. The van der Waals surface area contributed by atoms with Crippen molar-refractivity contribution in [3.8, 4) is 5.69 Å². The van der Waals surface area contributed by atoms with E-state index in [0.717, 1.165) is 23.3 Å². The molecule has 5 heteroatoms. The number of fused-ring (bicyclic) bond motifs is 1. The Balaban J connectivity index is 2.16. The van der Waals surface area contributed by atoms with E-state index in [9.17, 15) is 4.39 Å².